The summed E-state index contributed by atoms with van der Waals surface area (Å²) < 4.78 is 5.85. The van der Waals surface area contributed by atoms with Gasteiger partial charge in [-0.25, -0.2) is 4.98 Å². The van der Waals surface area contributed by atoms with Crippen molar-refractivity contribution in [3.63, 3.8) is 0 Å². The van der Waals surface area contributed by atoms with Crippen molar-refractivity contribution in [2.75, 3.05) is 12.4 Å². The van der Waals surface area contributed by atoms with E-state index in [1.165, 1.54) is 17.3 Å². The number of nitrogens with zero attached hydrogens (tertiary/aromatic N) is 1. The number of pyridine rings is 1. The largest absolute Gasteiger partial charge is 0.491 e. The predicted molar refractivity (Wildman–Crippen MR) is 91.7 cm³/mol. The summed E-state index contributed by atoms with van der Waals surface area (Å²) in [5.41, 5.74) is 2.34. The number of aryl methyl sites for hydroxylation is 1. The third-order valence-corrected chi connectivity index (χ3v) is 4.37. The molecule has 1 aromatic carbocycles. The van der Waals surface area contributed by atoms with Gasteiger partial charge in [-0.3, -0.25) is 0 Å². The first kappa shape index (κ1) is 16.8. The number of ether oxygens (including phenoxy) is 1. The third-order valence-electron chi connectivity index (χ3n) is 3.28. The highest BCUT2D eigenvalue weighted by atomic mass is 32.2. The Bertz CT molecular complexity index is 587. The molecule has 0 saturated heterocycles. The van der Waals surface area contributed by atoms with Gasteiger partial charge in [0, 0.05) is 11.9 Å². The number of aliphatic hydroxyl groups excluding tert-OH is 1. The van der Waals surface area contributed by atoms with Gasteiger partial charge < -0.3 is 9.84 Å². The average Bonchev–Trinajstić information content (AvgIpc) is 2.51. The maximum absolute atomic E-state index is 10.1. The van der Waals surface area contributed by atoms with Gasteiger partial charge in [-0.05, 0) is 42.2 Å². The first-order valence-electron chi connectivity index (χ1n) is 7.51. The molecule has 118 valence electrons. The molecule has 0 bridgehead atoms. The van der Waals surface area contributed by atoms with E-state index in [-0.39, 0.29) is 0 Å². The summed E-state index contributed by atoms with van der Waals surface area (Å²) in [6.45, 7) is 6.63. The van der Waals surface area contributed by atoms with Crippen LogP contribution in [0.5, 0.6) is 5.75 Å². The SMILES string of the molecule is Cc1ccc(C(C)C)c(OCC(O)CSc2ccccn2)c1. The second kappa shape index (κ2) is 8.20. The van der Waals surface area contributed by atoms with E-state index in [1.807, 2.05) is 31.2 Å². The Balaban J connectivity index is 1.88. The summed E-state index contributed by atoms with van der Waals surface area (Å²) in [5.74, 6) is 1.84. The van der Waals surface area contributed by atoms with Gasteiger partial charge in [0.25, 0.3) is 0 Å². The van der Waals surface area contributed by atoms with Crippen LogP contribution in [0.25, 0.3) is 0 Å². The molecule has 0 aliphatic carbocycles. The second-order valence-electron chi connectivity index (χ2n) is 5.64. The van der Waals surface area contributed by atoms with Crippen LogP contribution < -0.4 is 4.74 Å². The van der Waals surface area contributed by atoms with Crippen molar-refractivity contribution in [1.82, 2.24) is 4.98 Å². The number of aromatic nitrogens is 1. The zero-order valence-corrected chi connectivity index (χ0v) is 14.1. The zero-order chi connectivity index (χ0) is 15.9. The fourth-order valence-electron chi connectivity index (χ4n) is 2.09. The molecule has 1 heterocycles. The maximum atomic E-state index is 10.1. The number of thioether (sulfide) groups is 1. The molecule has 2 rings (SSSR count). The van der Waals surface area contributed by atoms with Crippen LogP contribution in [0.15, 0.2) is 47.6 Å². The van der Waals surface area contributed by atoms with Crippen molar-refractivity contribution in [1.29, 1.82) is 0 Å². The normalized spacial score (nSPS) is 12.4. The van der Waals surface area contributed by atoms with Gasteiger partial charge in [0.05, 0.1) is 11.1 Å². The molecule has 0 radical (unpaired) electrons. The molecular formula is C18H23NO2S. The highest BCUT2D eigenvalue weighted by molar-refractivity contribution is 7.99. The molecule has 0 amide bonds. The molecule has 0 saturated carbocycles. The van der Waals surface area contributed by atoms with Crippen LogP contribution in [0.3, 0.4) is 0 Å². The van der Waals surface area contributed by atoms with Gasteiger partial charge in [0.2, 0.25) is 0 Å². The molecule has 22 heavy (non-hydrogen) atoms. The molecule has 0 aliphatic heterocycles. The van der Waals surface area contributed by atoms with E-state index < -0.39 is 6.10 Å². The van der Waals surface area contributed by atoms with Gasteiger partial charge >= 0.3 is 0 Å². The first-order valence-corrected chi connectivity index (χ1v) is 8.50. The Labute approximate surface area is 136 Å². The van der Waals surface area contributed by atoms with Crippen LogP contribution in [0, 0.1) is 6.92 Å². The first-order chi connectivity index (χ1) is 10.6. The molecule has 0 fully saturated rings. The van der Waals surface area contributed by atoms with E-state index in [4.69, 9.17) is 4.74 Å². The molecule has 3 nitrogen and oxygen atoms in total. The Hall–Kier alpha value is -1.52. The van der Waals surface area contributed by atoms with Crippen molar-refractivity contribution in [3.05, 3.63) is 53.7 Å². The number of rotatable bonds is 7. The van der Waals surface area contributed by atoms with E-state index in [2.05, 4.69) is 31.0 Å². The minimum Gasteiger partial charge on any atom is -0.491 e. The minimum absolute atomic E-state index is 0.295. The minimum atomic E-state index is -0.521. The van der Waals surface area contributed by atoms with Crippen LogP contribution in [-0.4, -0.2) is 28.6 Å². The molecule has 1 aromatic heterocycles. The summed E-state index contributed by atoms with van der Waals surface area (Å²) in [6, 6.07) is 12.0. The van der Waals surface area contributed by atoms with E-state index in [1.54, 1.807) is 6.20 Å². The van der Waals surface area contributed by atoms with E-state index in [0.29, 0.717) is 18.3 Å². The quantitative estimate of drug-likeness (QED) is 0.783. The molecule has 1 N–H and O–H groups in total. The number of hydrogen-bond donors (Lipinski definition) is 1. The van der Waals surface area contributed by atoms with Gasteiger partial charge in [0.1, 0.15) is 12.4 Å². The van der Waals surface area contributed by atoms with Crippen molar-refractivity contribution >= 4 is 11.8 Å². The molecule has 4 heteroatoms. The summed E-state index contributed by atoms with van der Waals surface area (Å²) >= 11 is 1.54. The summed E-state index contributed by atoms with van der Waals surface area (Å²) in [5, 5.41) is 11.0. The standard InChI is InChI=1S/C18H23NO2S/c1-13(2)16-8-7-14(3)10-17(16)21-11-15(20)12-22-18-6-4-5-9-19-18/h4-10,13,15,20H,11-12H2,1-3H3. The molecule has 1 unspecified atom stereocenters. The topological polar surface area (TPSA) is 42.4 Å². The van der Waals surface area contributed by atoms with Gasteiger partial charge in [0.15, 0.2) is 0 Å². The van der Waals surface area contributed by atoms with Crippen LogP contribution in [0.4, 0.5) is 0 Å². The van der Waals surface area contributed by atoms with E-state index >= 15 is 0 Å². The van der Waals surface area contributed by atoms with E-state index in [9.17, 15) is 5.11 Å². The van der Waals surface area contributed by atoms with Gasteiger partial charge in [-0.2, -0.15) is 0 Å². The Morgan fingerprint density at radius 2 is 2.05 bits per heavy atom. The van der Waals surface area contributed by atoms with Gasteiger partial charge in [-0.15, -0.1) is 11.8 Å². The van der Waals surface area contributed by atoms with Crippen molar-refractivity contribution in [2.24, 2.45) is 0 Å². The maximum Gasteiger partial charge on any atom is 0.123 e. The summed E-state index contributed by atoms with van der Waals surface area (Å²) in [4.78, 5) is 4.23. The smallest absolute Gasteiger partial charge is 0.123 e. The predicted octanol–water partition coefficient (Wildman–Crippen LogP) is 4.05. The fraction of sp³-hybridized carbons (Fsp3) is 0.389. The molecule has 2 aromatic rings. The van der Waals surface area contributed by atoms with Crippen LogP contribution >= 0.6 is 11.8 Å². The lowest BCUT2D eigenvalue weighted by Gasteiger charge is -2.17. The Morgan fingerprint density at radius 1 is 1.23 bits per heavy atom. The fourth-order valence-corrected chi connectivity index (χ4v) is 2.86. The van der Waals surface area contributed by atoms with Crippen molar-refractivity contribution in [3.8, 4) is 5.75 Å². The molecular weight excluding hydrogens is 294 g/mol. The Morgan fingerprint density at radius 3 is 2.73 bits per heavy atom. The van der Waals surface area contributed by atoms with Gasteiger partial charge in [-0.1, -0.05) is 32.0 Å². The number of benzene rings is 1. The highest BCUT2D eigenvalue weighted by Crippen LogP contribution is 2.27. The lowest BCUT2D eigenvalue weighted by atomic mass is 10.0. The average molecular weight is 317 g/mol. The Kier molecular flexibility index (Phi) is 6.28. The van der Waals surface area contributed by atoms with Crippen molar-refractivity contribution < 1.29 is 9.84 Å². The van der Waals surface area contributed by atoms with Crippen LogP contribution in [-0.2, 0) is 0 Å². The molecule has 0 spiro atoms. The summed E-state index contributed by atoms with van der Waals surface area (Å²) in [7, 11) is 0. The third kappa shape index (κ3) is 5.04. The highest BCUT2D eigenvalue weighted by Gasteiger charge is 2.11. The van der Waals surface area contributed by atoms with Crippen LogP contribution in [0.1, 0.15) is 30.9 Å². The lowest BCUT2D eigenvalue weighted by molar-refractivity contribution is 0.125. The monoisotopic (exact) mass is 317 g/mol. The number of aliphatic hydroxyl groups is 1. The number of hydrogen-bond acceptors (Lipinski definition) is 4. The van der Waals surface area contributed by atoms with E-state index in [0.717, 1.165) is 16.3 Å². The second-order valence-corrected chi connectivity index (χ2v) is 6.68. The molecule has 0 aliphatic rings. The van der Waals surface area contributed by atoms with Crippen molar-refractivity contribution in [2.45, 2.75) is 37.8 Å². The lowest BCUT2D eigenvalue weighted by Crippen LogP contribution is -2.20. The van der Waals surface area contributed by atoms with Crippen LogP contribution in [0.2, 0.25) is 0 Å². The molecule has 1 atom stereocenters. The zero-order valence-electron chi connectivity index (χ0n) is 13.3. The summed E-state index contributed by atoms with van der Waals surface area (Å²) in [6.07, 6.45) is 1.24.